The first kappa shape index (κ1) is 13.0. The predicted octanol–water partition coefficient (Wildman–Crippen LogP) is 6.00. The Labute approximate surface area is 128 Å². The highest BCUT2D eigenvalue weighted by molar-refractivity contribution is 7.22. The van der Waals surface area contributed by atoms with Crippen LogP contribution in [0.2, 0.25) is 15.1 Å². The molecule has 1 N–H and O–H groups in total. The first-order valence-electron chi connectivity index (χ1n) is 5.40. The van der Waals surface area contributed by atoms with Crippen molar-refractivity contribution in [3.05, 3.63) is 51.5 Å². The summed E-state index contributed by atoms with van der Waals surface area (Å²) in [5.41, 5.74) is 1.76. The van der Waals surface area contributed by atoms with Gasteiger partial charge in [-0.2, -0.15) is 0 Å². The molecule has 6 heteroatoms. The number of hydrogen-bond donors (Lipinski definition) is 1. The minimum atomic E-state index is 0.510. The molecule has 0 aliphatic heterocycles. The maximum absolute atomic E-state index is 5.97. The van der Waals surface area contributed by atoms with Crippen molar-refractivity contribution >= 4 is 67.2 Å². The van der Waals surface area contributed by atoms with Crippen LogP contribution in [0.4, 0.5) is 10.8 Å². The van der Waals surface area contributed by atoms with Crippen molar-refractivity contribution in [3.8, 4) is 0 Å². The summed E-state index contributed by atoms with van der Waals surface area (Å²) in [5, 5.41) is 5.74. The monoisotopic (exact) mass is 328 g/mol. The van der Waals surface area contributed by atoms with Gasteiger partial charge in [-0.25, -0.2) is 4.98 Å². The summed E-state index contributed by atoms with van der Waals surface area (Å²) >= 11 is 19.3. The van der Waals surface area contributed by atoms with Gasteiger partial charge in [0.05, 0.1) is 20.3 Å². The van der Waals surface area contributed by atoms with Gasteiger partial charge in [-0.05, 0) is 36.4 Å². The molecule has 96 valence electrons. The van der Waals surface area contributed by atoms with Crippen molar-refractivity contribution in [2.24, 2.45) is 0 Å². The molecule has 19 heavy (non-hydrogen) atoms. The van der Waals surface area contributed by atoms with Gasteiger partial charge in [0.15, 0.2) is 5.13 Å². The van der Waals surface area contributed by atoms with Crippen molar-refractivity contribution in [1.29, 1.82) is 0 Å². The summed E-state index contributed by atoms with van der Waals surface area (Å²) in [7, 11) is 0. The lowest BCUT2D eigenvalue weighted by atomic mass is 10.3. The molecule has 0 aliphatic rings. The van der Waals surface area contributed by atoms with Gasteiger partial charge in [0.1, 0.15) is 0 Å². The van der Waals surface area contributed by atoms with E-state index in [2.05, 4.69) is 10.3 Å². The molecular formula is C13H7Cl3N2S. The molecule has 0 fully saturated rings. The molecule has 0 atom stereocenters. The highest BCUT2D eigenvalue weighted by Crippen LogP contribution is 2.32. The van der Waals surface area contributed by atoms with E-state index in [1.54, 1.807) is 12.1 Å². The van der Waals surface area contributed by atoms with Crippen molar-refractivity contribution in [1.82, 2.24) is 4.98 Å². The summed E-state index contributed by atoms with van der Waals surface area (Å²) in [6, 6.07) is 11.0. The SMILES string of the molecule is Clc1ccc2nc(Nc3ccc(Cl)c(Cl)c3)sc2c1. The Kier molecular flexibility index (Phi) is 3.54. The Morgan fingerprint density at radius 2 is 1.79 bits per heavy atom. The van der Waals surface area contributed by atoms with E-state index >= 15 is 0 Å². The first-order valence-corrected chi connectivity index (χ1v) is 7.35. The Balaban J connectivity index is 1.94. The van der Waals surface area contributed by atoms with Crippen LogP contribution >= 0.6 is 46.1 Å². The molecule has 1 aromatic heterocycles. The number of aromatic nitrogens is 1. The van der Waals surface area contributed by atoms with E-state index in [1.165, 1.54) is 11.3 Å². The van der Waals surface area contributed by atoms with Gasteiger partial charge in [-0.1, -0.05) is 46.1 Å². The number of rotatable bonds is 2. The molecule has 0 spiro atoms. The standard InChI is InChI=1S/C13H7Cl3N2S/c14-7-1-4-11-12(5-7)19-13(18-11)17-8-2-3-9(15)10(16)6-8/h1-6H,(H,17,18). The molecule has 0 radical (unpaired) electrons. The summed E-state index contributed by atoms with van der Waals surface area (Å²) in [5.74, 6) is 0. The van der Waals surface area contributed by atoms with E-state index in [-0.39, 0.29) is 0 Å². The average Bonchev–Trinajstić information content (AvgIpc) is 2.75. The fraction of sp³-hybridized carbons (Fsp3) is 0. The highest BCUT2D eigenvalue weighted by atomic mass is 35.5. The van der Waals surface area contributed by atoms with Crippen molar-refractivity contribution < 1.29 is 0 Å². The molecule has 0 amide bonds. The Bertz CT molecular complexity index is 755. The van der Waals surface area contributed by atoms with Gasteiger partial charge in [0.2, 0.25) is 0 Å². The molecule has 0 aliphatic carbocycles. The highest BCUT2D eigenvalue weighted by Gasteiger charge is 2.06. The average molecular weight is 330 g/mol. The van der Waals surface area contributed by atoms with Gasteiger partial charge in [0.25, 0.3) is 0 Å². The van der Waals surface area contributed by atoms with Crippen LogP contribution in [0.5, 0.6) is 0 Å². The van der Waals surface area contributed by atoms with Crippen molar-refractivity contribution in [2.45, 2.75) is 0 Å². The van der Waals surface area contributed by atoms with E-state index in [1.807, 2.05) is 24.3 Å². The van der Waals surface area contributed by atoms with E-state index in [0.717, 1.165) is 21.0 Å². The third kappa shape index (κ3) is 2.79. The molecule has 1 heterocycles. The van der Waals surface area contributed by atoms with E-state index in [9.17, 15) is 0 Å². The van der Waals surface area contributed by atoms with E-state index in [4.69, 9.17) is 34.8 Å². The number of halogens is 3. The van der Waals surface area contributed by atoms with Gasteiger partial charge in [0, 0.05) is 10.7 Å². The molecular weight excluding hydrogens is 323 g/mol. The maximum atomic E-state index is 5.97. The van der Waals surface area contributed by atoms with Gasteiger partial charge < -0.3 is 5.32 Å². The minimum Gasteiger partial charge on any atom is -0.331 e. The number of hydrogen-bond acceptors (Lipinski definition) is 3. The summed E-state index contributed by atoms with van der Waals surface area (Å²) in [4.78, 5) is 4.47. The fourth-order valence-electron chi connectivity index (χ4n) is 1.65. The Morgan fingerprint density at radius 3 is 2.58 bits per heavy atom. The van der Waals surface area contributed by atoms with Crippen LogP contribution in [0.15, 0.2) is 36.4 Å². The summed E-state index contributed by atoms with van der Waals surface area (Å²) in [6.45, 7) is 0. The van der Waals surface area contributed by atoms with Gasteiger partial charge in [-0.15, -0.1) is 0 Å². The second-order valence-electron chi connectivity index (χ2n) is 3.88. The van der Waals surface area contributed by atoms with Crippen LogP contribution in [0.3, 0.4) is 0 Å². The first-order chi connectivity index (χ1) is 9.11. The number of nitrogens with one attached hydrogen (secondary N) is 1. The number of anilines is 2. The number of nitrogens with zero attached hydrogens (tertiary/aromatic N) is 1. The van der Waals surface area contributed by atoms with Crippen LogP contribution in [0, 0.1) is 0 Å². The third-order valence-corrected chi connectivity index (χ3v) is 4.43. The smallest absolute Gasteiger partial charge is 0.188 e. The lowest BCUT2D eigenvalue weighted by Gasteiger charge is -2.03. The molecule has 3 rings (SSSR count). The normalized spacial score (nSPS) is 10.9. The van der Waals surface area contributed by atoms with Crippen molar-refractivity contribution in [3.63, 3.8) is 0 Å². The topological polar surface area (TPSA) is 24.9 Å². The van der Waals surface area contributed by atoms with E-state index < -0.39 is 0 Å². The van der Waals surface area contributed by atoms with E-state index in [0.29, 0.717) is 15.1 Å². The molecule has 0 bridgehead atoms. The zero-order chi connectivity index (χ0) is 13.4. The largest absolute Gasteiger partial charge is 0.331 e. The molecule has 0 saturated carbocycles. The van der Waals surface area contributed by atoms with Crippen LogP contribution in [0.25, 0.3) is 10.2 Å². The number of thiazole rings is 1. The minimum absolute atomic E-state index is 0.510. The number of fused-ring (bicyclic) bond motifs is 1. The van der Waals surface area contributed by atoms with Crippen LogP contribution in [0.1, 0.15) is 0 Å². The maximum Gasteiger partial charge on any atom is 0.188 e. The van der Waals surface area contributed by atoms with Crippen LogP contribution in [-0.4, -0.2) is 4.98 Å². The predicted molar refractivity (Wildman–Crippen MR) is 84.4 cm³/mol. The number of benzene rings is 2. The van der Waals surface area contributed by atoms with Gasteiger partial charge >= 0.3 is 0 Å². The van der Waals surface area contributed by atoms with Crippen LogP contribution in [-0.2, 0) is 0 Å². The second kappa shape index (κ2) is 5.17. The third-order valence-electron chi connectivity index (χ3n) is 2.52. The summed E-state index contributed by atoms with van der Waals surface area (Å²) in [6.07, 6.45) is 0. The van der Waals surface area contributed by atoms with Gasteiger partial charge in [-0.3, -0.25) is 0 Å². The van der Waals surface area contributed by atoms with Crippen LogP contribution < -0.4 is 5.32 Å². The fourth-order valence-corrected chi connectivity index (χ4v) is 3.11. The Hall–Kier alpha value is -1.000. The Morgan fingerprint density at radius 1 is 0.947 bits per heavy atom. The molecule has 0 saturated heterocycles. The molecule has 2 aromatic carbocycles. The zero-order valence-electron chi connectivity index (χ0n) is 9.45. The molecule has 0 unspecified atom stereocenters. The van der Waals surface area contributed by atoms with Crippen molar-refractivity contribution in [2.75, 3.05) is 5.32 Å². The zero-order valence-corrected chi connectivity index (χ0v) is 12.5. The lowest BCUT2D eigenvalue weighted by Crippen LogP contribution is -1.88. The molecule has 2 nitrogen and oxygen atoms in total. The summed E-state index contributed by atoms with van der Waals surface area (Å²) < 4.78 is 1.04. The quantitative estimate of drug-likeness (QED) is 0.623. The lowest BCUT2D eigenvalue weighted by molar-refractivity contribution is 1.44. The molecule has 3 aromatic rings. The second-order valence-corrected chi connectivity index (χ2v) is 6.17.